The summed E-state index contributed by atoms with van der Waals surface area (Å²) in [5.41, 5.74) is 0.446. The van der Waals surface area contributed by atoms with E-state index < -0.39 is 17.5 Å². The summed E-state index contributed by atoms with van der Waals surface area (Å²) in [6, 6.07) is 2.00. The van der Waals surface area contributed by atoms with E-state index in [0.29, 0.717) is 5.69 Å². The summed E-state index contributed by atoms with van der Waals surface area (Å²) in [7, 11) is 0. The molecular formula is C14H15ClF3N3. The molecule has 0 atom stereocenters. The van der Waals surface area contributed by atoms with Crippen LogP contribution in [-0.2, 0) is 13.0 Å². The molecule has 0 aliphatic carbocycles. The van der Waals surface area contributed by atoms with Gasteiger partial charge in [-0.1, -0.05) is 24.9 Å². The molecule has 7 heteroatoms. The second-order valence-corrected chi connectivity index (χ2v) is 4.99. The van der Waals surface area contributed by atoms with Crippen LogP contribution in [0.4, 0.5) is 18.9 Å². The number of rotatable bonds is 6. The van der Waals surface area contributed by atoms with Crippen LogP contribution in [-0.4, -0.2) is 9.97 Å². The van der Waals surface area contributed by atoms with Crippen LogP contribution in [0, 0.1) is 17.5 Å². The lowest BCUT2D eigenvalue weighted by atomic mass is 10.2. The molecule has 0 fully saturated rings. The maximum Gasteiger partial charge on any atom is 0.196 e. The maximum atomic E-state index is 13.5. The highest BCUT2D eigenvalue weighted by Gasteiger charge is 2.14. The molecule has 2 N–H and O–H groups in total. The molecule has 0 spiro atoms. The van der Waals surface area contributed by atoms with E-state index in [9.17, 15) is 13.2 Å². The quantitative estimate of drug-likeness (QED) is 0.774. The van der Waals surface area contributed by atoms with E-state index in [4.69, 9.17) is 11.6 Å². The lowest BCUT2D eigenvalue weighted by Gasteiger charge is -2.07. The summed E-state index contributed by atoms with van der Waals surface area (Å²) < 4.78 is 39.4. The fourth-order valence-electron chi connectivity index (χ4n) is 1.87. The Kier molecular flexibility index (Phi) is 5.12. The summed E-state index contributed by atoms with van der Waals surface area (Å²) in [6.07, 6.45) is 2.79. The third-order valence-electron chi connectivity index (χ3n) is 3.04. The van der Waals surface area contributed by atoms with Crippen molar-refractivity contribution >= 4 is 17.3 Å². The number of anilines is 1. The van der Waals surface area contributed by atoms with Gasteiger partial charge in [0.15, 0.2) is 22.6 Å². The van der Waals surface area contributed by atoms with Crippen molar-refractivity contribution < 1.29 is 13.2 Å². The van der Waals surface area contributed by atoms with Crippen molar-refractivity contribution in [2.75, 3.05) is 5.32 Å². The highest BCUT2D eigenvalue weighted by molar-refractivity contribution is 6.30. The monoisotopic (exact) mass is 317 g/mol. The van der Waals surface area contributed by atoms with E-state index in [2.05, 4.69) is 22.2 Å². The van der Waals surface area contributed by atoms with Gasteiger partial charge in [-0.25, -0.2) is 18.2 Å². The van der Waals surface area contributed by atoms with Crippen LogP contribution in [0.15, 0.2) is 12.1 Å². The lowest BCUT2D eigenvalue weighted by molar-refractivity contribution is 0.449. The van der Waals surface area contributed by atoms with E-state index in [-0.39, 0.29) is 17.4 Å². The highest BCUT2D eigenvalue weighted by Crippen LogP contribution is 2.21. The maximum absolute atomic E-state index is 13.5. The summed E-state index contributed by atoms with van der Waals surface area (Å²) in [5.74, 6) is -3.22. The molecule has 0 amide bonds. The number of imidazole rings is 1. The Morgan fingerprint density at radius 1 is 1.24 bits per heavy atom. The molecule has 1 heterocycles. The van der Waals surface area contributed by atoms with Crippen LogP contribution in [0.25, 0.3) is 0 Å². The SMILES string of the molecule is CCCCc1nc(Cl)c(CNc2ccc(F)c(F)c2F)[nH]1. The molecular weight excluding hydrogens is 303 g/mol. The van der Waals surface area contributed by atoms with E-state index in [1.807, 2.05) is 0 Å². The third kappa shape index (κ3) is 3.69. The van der Waals surface area contributed by atoms with Crippen LogP contribution < -0.4 is 5.32 Å². The fourth-order valence-corrected chi connectivity index (χ4v) is 2.08. The van der Waals surface area contributed by atoms with Crippen LogP contribution >= 0.6 is 11.6 Å². The fraction of sp³-hybridized carbons (Fsp3) is 0.357. The summed E-state index contributed by atoms with van der Waals surface area (Å²) in [4.78, 5) is 7.19. The van der Waals surface area contributed by atoms with Gasteiger partial charge in [0.25, 0.3) is 0 Å². The lowest BCUT2D eigenvalue weighted by Crippen LogP contribution is -2.04. The predicted octanol–water partition coefficient (Wildman–Crippen LogP) is 4.44. The highest BCUT2D eigenvalue weighted by atomic mass is 35.5. The second-order valence-electron chi connectivity index (χ2n) is 4.63. The number of H-pyrrole nitrogens is 1. The Hall–Kier alpha value is -1.69. The molecule has 0 aliphatic rings. The zero-order valence-corrected chi connectivity index (χ0v) is 12.2. The van der Waals surface area contributed by atoms with Gasteiger partial charge in [-0.3, -0.25) is 0 Å². The number of nitrogens with one attached hydrogen (secondary N) is 2. The Balaban J connectivity index is 2.06. The standard InChI is InChI=1S/C14H15ClF3N3/c1-2-3-4-11-20-10(14(15)21-11)7-19-9-6-5-8(16)12(17)13(9)18/h5-6,19H,2-4,7H2,1H3,(H,20,21). The smallest absolute Gasteiger partial charge is 0.196 e. The zero-order chi connectivity index (χ0) is 15.4. The number of aryl methyl sites for hydroxylation is 1. The molecule has 0 saturated heterocycles. The van der Waals surface area contributed by atoms with Crippen molar-refractivity contribution in [3.8, 4) is 0 Å². The van der Waals surface area contributed by atoms with Crippen molar-refractivity contribution in [3.05, 3.63) is 46.3 Å². The van der Waals surface area contributed by atoms with Gasteiger partial charge in [-0.05, 0) is 18.6 Å². The first-order chi connectivity index (χ1) is 10.0. The number of hydrogen-bond acceptors (Lipinski definition) is 2. The van der Waals surface area contributed by atoms with E-state index >= 15 is 0 Å². The number of nitrogens with zero attached hydrogens (tertiary/aromatic N) is 1. The number of unbranched alkanes of at least 4 members (excludes halogenated alkanes) is 1. The third-order valence-corrected chi connectivity index (χ3v) is 3.35. The number of halogens is 4. The Labute approximate surface area is 125 Å². The molecule has 114 valence electrons. The van der Waals surface area contributed by atoms with Gasteiger partial charge >= 0.3 is 0 Å². The van der Waals surface area contributed by atoms with Gasteiger partial charge in [0.05, 0.1) is 17.9 Å². The average molecular weight is 318 g/mol. The second kappa shape index (κ2) is 6.85. The number of hydrogen-bond donors (Lipinski definition) is 2. The molecule has 0 bridgehead atoms. The van der Waals surface area contributed by atoms with Crippen LogP contribution in [0.2, 0.25) is 5.15 Å². The van der Waals surface area contributed by atoms with Gasteiger partial charge in [0.2, 0.25) is 0 Å². The van der Waals surface area contributed by atoms with Crippen molar-refractivity contribution in [1.29, 1.82) is 0 Å². The minimum absolute atomic E-state index is 0.130. The van der Waals surface area contributed by atoms with Gasteiger partial charge < -0.3 is 10.3 Å². The largest absolute Gasteiger partial charge is 0.377 e. The average Bonchev–Trinajstić information content (AvgIpc) is 2.82. The Morgan fingerprint density at radius 3 is 2.71 bits per heavy atom. The summed E-state index contributed by atoms with van der Waals surface area (Å²) in [5, 5.41) is 2.96. The molecule has 1 aromatic heterocycles. The minimum Gasteiger partial charge on any atom is -0.377 e. The van der Waals surface area contributed by atoms with Gasteiger partial charge in [0, 0.05) is 6.42 Å². The first-order valence-electron chi connectivity index (χ1n) is 6.63. The molecule has 0 radical (unpaired) electrons. The number of aromatic amines is 1. The van der Waals surface area contributed by atoms with Crippen molar-refractivity contribution in [2.45, 2.75) is 32.7 Å². The van der Waals surface area contributed by atoms with Crippen molar-refractivity contribution in [1.82, 2.24) is 9.97 Å². The van der Waals surface area contributed by atoms with E-state index in [1.54, 1.807) is 0 Å². The molecule has 1 aromatic carbocycles. The molecule has 2 aromatic rings. The Bertz CT molecular complexity index is 628. The van der Waals surface area contributed by atoms with Crippen LogP contribution in [0.1, 0.15) is 31.3 Å². The number of aromatic nitrogens is 2. The summed E-state index contributed by atoms with van der Waals surface area (Å²) in [6.45, 7) is 2.21. The van der Waals surface area contributed by atoms with Crippen LogP contribution in [0.5, 0.6) is 0 Å². The first-order valence-corrected chi connectivity index (χ1v) is 7.01. The van der Waals surface area contributed by atoms with Gasteiger partial charge in [-0.2, -0.15) is 0 Å². The predicted molar refractivity (Wildman–Crippen MR) is 75.9 cm³/mol. The van der Waals surface area contributed by atoms with Crippen molar-refractivity contribution in [3.63, 3.8) is 0 Å². The number of benzene rings is 1. The van der Waals surface area contributed by atoms with E-state index in [0.717, 1.165) is 37.2 Å². The molecule has 21 heavy (non-hydrogen) atoms. The molecule has 0 unspecified atom stereocenters. The zero-order valence-electron chi connectivity index (χ0n) is 11.4. The van der Waals surface area contributed by atoms with Gasteiger partial charge in [0.1, 0.15) is 5.82 Å². The van der Waals surface area contributed by atoms with Crippen LogP contribution in [0.3, 0.4) is 0 Å². The van der Waals surface area contributed by atoms with E-state index in [1.165, 1.54) is 0 Å². The minimum atomic E-state index is -1.50. The topological polar surface area (TPSA) is 40.7 Å². The Morgan fingerprint density at radius 2 is 2.00 bits per heavy atom. The van der Waals surface area contributed by atoms with Crippen molar-refractivity contribution in [2.24, 2.45) is 0 Å². The van der Waals surface area contributed by atoms with Gasteiger partial charge in [-0.15, -0.1) is 0 Å². The normalized spacial score (nSPS) is 10.9. The molecule has 2 rings (SSSR count). The summed E-state index contributed by atoms with van der Waals surface area (Å²) >= 11 is 5.98. The first kappa shape index (κ1) is 15.7. The molecule has 0 saturated carbocycles. The molecule has 3 nitrogen and oxygen atoms in total. The molecule has 0 aliphatic heterocycles.